The normalized spacial score (nSPS) is 19.1. The van der Waals surface area contributed by atoms with Gasteiger partial charge in [-0.15, -0.1) is 0 Å². The molecule has 3 rings (SSSR count). The number of amides is 1. The molecule has 1 fully saturated rings. The molecule has 214 valence electrons. The van der Waals surface area contributed by atoms with Gasteiger partial charge in [0.25, 0.3) is 5.91 Å². The van der Waals surface area contributed by atoms with Crippen LogP contribution in [-0.2, 0) is 11.0 Å². The van der Waals surface area contributed by atoms with Crippen molar-refractivity contribution in [1.29, 1.82) is 0 Å². The summed E-state index contributed by atoms with van der Waals surface area (Å²) >= 11 is 12.2. The largest absolute Gasteiger partial charge is 0.481 e. The number of halogens is 5. The second-order valence-electron chi connectivity index (χ2n) is 10.5. The van der Waals surface area contributed by atoms with Crippen LogP contribution in [0.5, 0.6) is 0 Å². The molecule has 1 saturated carbocycles. The summed E-state index contributed by atoms with van der Waals surface area (Å²) < 4.78 is 44.1. The second kappa shape index (κ2) is 12.2. The van der Waals surface area contributed by atoms with Gasteiger partial charge in [0.05, 0.1) is 45.9 Å². The van der Waals surface area contributed by atoms with Crippen molar-refractivity contribution in [3.8, 4) is 0 Å². The summed E-state index contributed by atoms with van der Waals surface area (Å²) in [7, 11) is 0. The van der Waals surface area contributed by atoms with E-state index in [0.717, 1.165) is 22.2 Å². The minimum Gasteiger partial charge on any atom is -0.481 e. The Labute approximate surface area is 234 Å². The highest BCUT2D eigenvalue weighted by Crippen LogP contribution is 2.47. The number of aliphatic carboxylic acids is 1. The van der Waals surface area contributed by atoms with E-state index in [9.17, 15) is 32.7 Å². The zero-order valence-corrected chi connectivity index (χ0v) is 23.4. The molecule has 8 nitrogen and oxygen atoms in total. The Morgan fingerprint density at radius 1 is 1.13 bits per heavy atom. The Morgan fingerprint density at radius 2 is 1.77 bits per heavy atom. The Bertz CT molecular complexity index is 1210. The van der Waals surface area contributed by atoms with E-state index in [1.807, 2.05) is 6.92 Å². The van der Waals surface area contributed by atoms with Crippen molar-refractivity contribution in [2.45, 2.75) is 71.5 Å². The van der Waals surface area contributed by atoms with Gasteiger partial charge in [0, 0.05) is 18.9 Å². The quantitative estimate of drug-likeness (QED) is 0.248. The van der Waals surface area contributed by atoms with Gasteiger partial charge >= 0.3 is 12.1 Å². The molecule has 2 atom stereocenters. The molecule has 2 heterocycles. The van der Waals surface area contributed by atoms with Crippen LogP contribution in [0.25, 0.3) is 0 Å². The van der Waals surface area contributed by atoms with Crippen molar-refractivity contribution < 1.29 is 32.7 Å². The first-order valence-corrected chi connectivity index (χ1v) is 13.4. The summed E-state index contributed by atoms with van der Waals surface area (Å²) in [5, 5.41) is 13.4. The van der Waals surface area contributed by atoms with Crippen molar-refractivity contribution in [1.82, 2.24) is 19.7 Å². The molecule has 39 heavy (non-hydrogen) atoms. The fourth-order valence-electron chi connectivity index (χ4n) is 5.25. The van der Waals surface area contributed by atoms with Gasteiger partial charge in [-0.2, -0.15) is 18.3 Å². The van der Waals surface area contributed by atoms with E-state index in [4.69, 9.17) is 23.2 Å². The van der Waals surface area contributed by atoms with Crippen LogP contribution in [-0.4, -0.2) is 55.5 Å². The number of carboxylic acids is 1. The van der Waals surface area contributed by atoms with Gasteiger partial charge in [-0.1, -0.05) is 56.8 Å². The molecule has 1 N–H and O–H groups in total. The zero-order valence-electron chi connectivity index (χ0n) is 21.9. The number of unbranched alkanes of at least 4 members (excludes halogenated alkanes) is 2. The van der Waals surface area contributed by atoms with E-state index in [1.165, 1.54) is 12.4 Å². The molecule has 1 amide bonds. The monoisotopic (exact) mass is 590 g/mol. The van der Waals surface area contributed by atoms with Gasteiger partial charge in [0.15, 0.2) is 11.5 Å². The van der Waals surface area contributed by atoms with E-state index in [-0.39, 0.29) is 41.4 Å². The standard InChI is InChI=1S/C26H31Cl2F3N4O4/c1-4-5-6-9-34(14-20(36)21-18(27)12-32-13-19(21)28)23(37)16-11-33-35(22(16)26(29,30)31)15-7-8-17(24(38)39)25(2,3)10-15/h11-13,15,17H,4-10,14H2,1-3H3,(H,38,39)/t15-,17+/m1/s1. The van der Waals surface area contributed by atoms with Gasteiger partial charge in [-0.3, -0.25) is 24.0 Å². The predicted octanol–water partition coefficient (Wildman–Crippen LogP) is 6.57. The average Bonchev–Trinajstić information content (AvgIpc) is 3.28. The smallest absolute Gasteiger partial charge is 0.433 e. The maximum Gasteiger partial charge on any atom is 0.433 e. The van der Waals surface area contributed by atoms with Crippen LogP contribution in [0.3, 0.4) is 0 Å². The highest BCUT2D eigenvalue weighted by atomic mass is 35.5. The molecule has 0 saturated heterocycles. The van der Waals surface area contributed by atoms with Crippen LogP contribution < -0.4 is 0 Å². The topological polar surface area (TPSA) is 105 Å². The molecule has 2 aromatic heterocycles. The number of Topliss-reactive ketones (excluding diaryl/α,β-unsaturated/α-hetero) is 1. The summed E-state index contributed by atoms with van der Waals surface area (Å²) in [4.78, 5) is 43.2. The third kappa shape index (κ3) is 6.92. The van der Waals surface area contributed by atoms with E-state index >= 15 is 0 Å². The number of carboxylic acid groups (broad SMARTS) is 1. The van der Waals surface area contributed by atoms with Gasteiger partial charge < -0.3 is 10.0 Å². The molecular weight excluding hydrogens is 560 g/mol. The lowest BCUT2D eigenvalue weighted by Crippen LogP contribution is -2.39. The lowest BCUT2D eigenvalue weighted by atomic mass is 9.67. The number of ketones is 1. The van der Waals surface area contributed by atoms with Crippen molar-refractivity contribution in [2.24, 2.45) is 11.3 Å². The number of pyridine rings is 1. The van der Waals surface area contributed by atoms with Gasteiger partial charge in [0.2, 0.25) is 0 Å². The van der Waals surface area contributed by atoms with Crippen LogP contribution in [0.15, 0.2) is 18.6 Å². The minimum absolute atomic E-state index is 0.0307. The third-order valence-electron chi connectivity index (χ3n) is 7.22. The van der Waals surface area contributed by atoms with Crippen molar-refractivity contribution in [3.05, 3.63) is 45.5 Å². The molecular formula is C26H31Cl2F3N4O4. The molecule has 0 spiro atoms. The summed E-state index contributed by atoms with van der Waals surface area (Å²) in [6.07, 6.45) is 0.829. The summed E-state index contributed by atoms with van der Waals surface area (Å²) in [6, 6.07) is -0.751. The highest BCUT2D eigenvalue weighted by Gasteiger charge is 2.46. The van der Waals surface area contributed by atoms with Crippen LogP contribution in [0.4, 0.5) is 13.2 Å². The lowest BCUT2D eigenvalue weighted by molar-refractivity contribution is -0.151. The van der Waals surface area contributed by atoms with Crippen LogP contribution in [0.1, 0.15) is 91.7 Å². The minimum atomic E-state index is -4.92. The Balaban J connectivity index is 1.97. The first-order chi connectivity index (χ1) is 18.2. The number of hydrogen-bond acceptors (Lipinski definition) is 5. The summed E-state index contributed by atoms with van der Waals surface area (Å²) in [5.74, 6) is -3.32. The molecule has 1 aliphatic rings. The number of aromatic nitrogens is 3. The molecule has 0 bridgehead atoms. The first-order valence-electron chi connectivity index (χ1n) is 12.7. The molecule has 1 aliphatic carbocycles. The average molecular weight is 591 g/mol. The fourth-order valence-corrected chi connectivity index (χ4v) is 5.83. The molecule has 0 aliphatic heterocycles. The molecule has 2 aromatic rings. The van der Waals surface area contributed by atoms with Crippen LogP contribution in [0.2, 0.25) is 10.0 Å². The highest BCUT2D eigenvalue weighted by molar-refractivity contribution is 6.39. The first kappa shape index (κ1) is 30.9. The number of carbonyl (C=O) groups excluding carboxylic acids is 2. The number of alkyl halides is 3. The predicted molar refractivity (Wildman–Crippen MR) is 139 cm³/mol. The lowest BCUT2D eigenvalue weighted by Gasteiger charge is -2.40. The molecule has 13 heteroatoms. The van der Waals surface area contributed by atoms with E-state index in [1.54, 1.807) is 13.8 Å². The summed E-state index contributed by atoms with van der Waals surface area (Å²) in [6.45, 7) is 4.85. The molecule has 0 aromatic carbocycles. The van der Waals surface area contributed by atoms with Gasteiger partial charge in [-0.25, -0.2) is 0 Å². The van der Waals surface area contributed by atoms with Crippen LogP contribution in [0, 0.1) is 11.3 Å². The van der Waals surface area contributed by atoms with Gasteiger partial charge in [-0.05, 0) is 31.1 Å². The van der Waals surface area contributed by atoms with Crippen molar-refractivity contribution in [2.75, 3.05) is 13.1 Å². The zero-order chi connectivity index (χ0) is 29.1. The summed E-state index contributed by atoms with van der Waals surface area (Å²) in [5.41, 5.74) is -2.73. The third-order valence-corrected chi connectivity index (χ3v) is 7.79. The molecule has 0 radical (unpaired) electrons. The SMILES string of the molecule is CCCCCN(CC(=O)c1c(Cl)cncc1Cl)C(=O)c1cnn([C@@H]2CC[C@@H](C(=O)O)C(C)(C)C2)c1C(F)(F)F. The van der Waals surface area contributed by atoms with E-state index < -0.39 is 59.0 Å². The van der Waals surface area contributed by atoms with E-state index in [2.05, 4.69) is 10.1 Å². The number of rotatable bonds is 10. The maximum absolute atomic E-state index is 14.4. The van der Waals surface area contributed by atoms with Crippen molar-refractivity contribution in [3.63, 3.8) is 0 Å². The van der Waals surface area contributed by atoms with Crippen molar-refractivity contribution >= 4 is 40.9 Å². The number of hydrogen-bond donors (Lipinski definition) is 1. The number of carbonyl (C=O) groups is 3. The Morgan fingerprint density at radius 3 is 2.31 bits per heavy atom. The molecule has 0 unspecified atom stereocenters. The maximum atomic E-state index is 14.4. The number of nitrogens with zero attached hydrogens (tertiary/aromatic N) is 4. The van der Waals surface area contributed by atoms with Gasteiger partial charge in [0.1, 0.15) is 0 Å². The fraction of sp³-hybridized carbons (Fsp3) is 0.577. The van der Waals surface area contributed by atoms with E-state index in [0.29, 0.717) is 12.8 Å². The Kier molecular flexibility index (Phi) is 9.69. The Hall–Kier alpha value is -2.66. The van der Waals surface area contributed by atoms with Crippen LogP contribution >= 0.6 is 23.2 Å². The second-order valence-corrected chi connectivity index (χ2v) is 11.3.